The molecular formula is C14H9N5O4. The first kappa shape index (κ1) is 14.3. The average molecular weight is 311 g/mol. The Morgan fingerprint density at radius 1 is 1.17 bits per heavy atom. The molecule has 0 atom stereocenters. The second-order valence-corrected chi connectivity index (χ2v) is 4.41. The fraction of sp³-hybridized carbons (Fsp3) is 0. The highest BCUT2D eigenvalue weighted by Gasteiger charge is 2.15. The molecule has 0 aliphatic rings. The molecule has 9 heteroatoms. The van der Waals surface area contributed by atoms with Gasteiger partial charge >= 0.3 is 6.01 Å². The topological polar surface area (TPSA) is 124 Å². The van der Waals surface area contributed by atoms with E-state index < -0.39 is 10.8 Å². The van der Waals surface area contributed by atoms with Crippen molar-refractivity contribution in [2.45, 2.75) is 0 Å². The Bertz CT molecular complexity index is 862. The maximum atomic E-state index is 12.1. The molecule has 0 aliphatic carbocycles. The molecule has 0 saturated heterocycles. The molecule has 2 aromatic heterocycles. The molecule has 1 amide bonds. The molecule has 1 N–H and O–H groups in total. The van der Waals surface area contributed by atoms with E-state index in [2.05, 4.69) is 20.5 Å². The van der Waals surface area contributed by atoms with Crippen molar-refractivity contribution in [3.63, 3.8) is 0 Å². The molecule has 0 saturated carbocycles. The second kappa shape index (κ2) is 6.02. The van der Waals surface area contributed by atoms with E-state index in [4.69, 9.17) is 4.42 Å². The third kappa shape index (κ3) is 3.18. The Kier molecular flexibility index (Phi) is 3.75. The average Bonchev–Trinajstić information content (AvgIpc) is 3.04. The van der Waals surface area contributed by atoms with Gasteiger partial charge in [0.15, 0.2) is 0 Å². The van der Waals surface area contributed by atoms with Gasteiger partial charge in [0.1, 0.15) is 0 Å². The standard InChI is InChI=1S/C14H9N5O4/c20-12(10-2-1-3-11(8-10)19(21)22)16-14-18-17-13(23-14)9-4-6-15-7-5-9/h1-8H,(H,16,18,20). The monoisotopic (exact) mass is 311 g/mol. The van der Waals surface area contributed by atoms with Crippen LogP contribution in [-0.2, 0) is 0 Å². The van der Waals surface area contributed by atoms with Crippen molar-refractivity contribution >= 4 is 17.6 Å². The van der Waals surface area contributed by atoms with Crippen LogP contribution in [0.4, 0.5) is 11.7 Å². The maximum Gasteiger partial charge on any atom is 0.322 e. The first-order valence-electron chi connectivity index (χ1n) is 6.43. The molecule has 0 aliphatic heterocycles. The lowest BCUT2D eigenvalue weighted by Crippen LogP contribution is -2.12. The summed E-state index contributed by atoms with van der Waals surface area (Å²) >= 11 is 0. The zero-order valence-electron chi connectivity index (χ0n) is 11.5. The van der Waals surface area contributed by atoms with Crippen LogP contribution in [0.15, 0.2) is 53.2 Å². The smallest absolute Gasteiger partial charge is 0.322 e. The molecule has 0 spiro atoms. The van der Waals surface area contributed by atoms with Crippen LogP contribution in [0.5, 0.6) is 0 Å². The van der Waals surface area contributed by atoms with E-state index in [9.17, 15) is 14.9 Å². The van der Waals surface area contributed by atoms with Crippen LogP contribution in [-0.4, -0.2) is 26.0 Å². The number of pyridine rings is 1. The highest BCUT2D eigenvalue weighted by Crippen LogP contribution is 2.19. The number of aromatic nitrogens is 3. The Hall–Kier alpha value is -3.62. The number of non-ortho nitro benzene ring substituents is 1. The lowest BCUT2D eigenvalue weighted by atomic mass is 10.2. The quantitative estimate of drug-likeness (QED) is 0.579. The van der Waals surface area contributed by atoms with Gasteiger partial charge in [0, 0.05) is 35.7 Å². The molecule has 2 heterocycles. The summed E-state index contributed by atoms with van der Waals surface area (Å²) in [5.74, 6) is -0.361. The number of nitro benzene ring substituents is 1. The van der Waals surface area contributed by atoms with Gasteiger partial charge in [0.05, 0.1) is 4.92 Å². The van der Waals surface area contributed by atoms with Crippen LogP contribution in [0.25, 0.3) is 11.5 Å². The van der Waals surface area contributed by atoms with Crippen molar-refractivity contribution in [2.75, 3.05) is 5.32 Å². The second-order valence-electron chi connectivity index (χ2n) is 4.41. The Balaban J connectivity index is 1.77. The SMILES string of the molecule is O=C(Nc1nnc(-c2ccncc2)o1)c1cccc([N+](=O)[O-])c1. The molecule has 0 radical (unpaired) electrons. The molecule has 3 rings (SSSR count). The molecule has 3 aromatic rings. The maximum absolute atomic E-state index is 12.1. The first-order chi connectivity index (χ1) is 11.1. The van der Waals surface area contributed by atoms with Crippen molar-refractivity contribution in [3.05, 3.63) is 64.5 Å². The Morgan fingerprint density at radius 3 is 2.70 bits per heavy atom. The molecular weight excluding hydrogens is 302 g/mol. The molecule has 0 fully saturated rings. The molecule has 114 valence electrons. The van der Waals surface area contributed by atoms with E-state index in [0.29, 0.717) is 5.56 Å². The lowest BCUT2D eigenvalue weighted by Gasteiger charge is -2.00. The van der Waals surface area contributed by atoms with Gasteiger partial charge < -0.3 is 4.42 Å². The van der Waals surface area contributed by atoms with Gasteiger partial charge in [-0.15, -0.1) is 5.10 Å². The van der Waals surface area contributed by atoms with E-state index in [0.717, 1.165) is 6.07 Å². The lowest BCUT2D eigenvalue weighted by molar-refractivity contribution is -0.384. The molecule has 0 bridgehead atoms. The zero-order valence-corrected chi connectivity index (χ0v) is 11.5. The van der Waals surface area contributed by atoms with Crippen molar-refractivity contribution in [1.29, 1.82) is 0 Å². The highest BCUT2D eigenvalue weighted by atomic mass is 16.6. The number of hydrogen-bond acceptors (Lipinski definition) is 7. The summed E-state index contributed by atoms with van der Waals surface area (Å²) in [5.41, 5.74) is 0.590. The minimum atomic E-state index is -0.585. The predicted molar refractivity (Wildman–Crippen MR) is 78.6 cm³/mol. The van der Waals surface area contributed by atoms with E-state index in [1.165, 1.54) is 18.2 Å². The fourth-order valence-electron chi connectivity index (χ4n) is 1.81. The normalized spacial score (nSPS) is 10.3. The van der Waals surface area contributed by atoms with Gasteiger partial charge in [-0.2, -0.15) is 0 Å². The summed E-state index contributed by atoms with van der Waals surface area (Å²) in [6, 6.07) is 8.58. The molecule has 0 unspecified atom stereocenters. The van der Waals surface area contributed by atoms with Gasteiger partial charge in [0.25, 0.3) is 11.6 Å². The van der Waals surface area contributed by atoms with E-state index >= 15 is 0 Å². The summed E-state index contributed by atoms with van der Waals surface area (Å²) in [6.07, 6.45) is 3.14. The Morgan fingerprint density at radius 2 is 1.96 bits per heavy atom. The van der Waals surface area contributed by atoms with Crippen LogP contribution in [0.3, 0.4) is 0 Å². The third-order valence-electron chi connectivity index (χ3n) is 2.89. The summed E-state index contributed by atoms with van der Waals surface area (Å²) in [5, 5.41) is 20.6. The van der Waals surface area contributed by atoms with E-state index in [1.807, 2.05) is 0 Å². The van der Waals surface area contributed by atoms with Crippen molar-refractivity contribution < 1.29 is 14.1 Å². The molecule has 9 nitrogen and oxygen atoms in total. The number of benzene rings is 1. The van der Waals surface area contributed by atoms with Gasteiger partial charge in [-0.25, -0.2) is 0 Å². The van der Waals surface area contributed by atoms with Gasteiger partial charge in [-0.1, -0.05) is 11.2 Å². The number of nitrogens with one attached hydrogen (secondary N) is 1. The summed E-state index contributed by atoms with van der Waals surface area (Å²) < 4.78 is 5.32. The number of nitro groups is 1. The number of rotatable bonds is 4. The zero-order chi connectivity index (χ0) is 16.2. The van der Waals surface area contributed by atoms with Crippen LogP contribution < -0.4 is 5.32 Å². The van der Waals surface area contributed by atoms with Crippen LogP contribution in [0.1, 0.15) is 10.4 Å². The summed E-state index contributed by atoms with van der Waals surface area (Å²) in [6.45, 7) is 0. The van der Waals surface area contributed by atoms with Gasteiger partial charge in [-0.3, -0.25) is 25.2 Å². The van der Waals surface area contributed by atoms with Crippen molar-refractivity contribution in [2.24, 2.45) is 0 Å². The number of carbonyl (C=O) groups excluding carboxylic acids is 1. The number of nitrogens with zero attached hydrogens (tertiary/aromatic N) is 4. The largest absolute Gasteiger partial charge is 0.403 e. The van der Waals surface area contributed by atoms with Gasteiger partial charge in [0.2, 0.25) is 5.89 Å². The Labute approximate surface area is 129 Å². The third-order valence-corrected chi connectivity index (χ3v) is 2.89. The predicted octanol–water partition coefficient (Wildman–Crippen LogP) is 2.29. The number of hydrogen-bond donors (Lipinski definition) is 1. The minimum Gasteiger partial charge on any atom is -0.403 e. The first-order valence-corrected chi connectivity index (χ1v) is 6.43. The van der Waals surface area contributed by atoms with Crippen molar-refractivity contribution in [1.82, 2.24) is 15.2 Å². The van der Waals surface area contributed by atoms with E-state index in [-0.39, 0.29) is 23.2 Å². The number of amides is 1. The minimum absolute atomic E-state index is 0.103. The summed E-state index contributed by atoms with van der Waals surface area (Å²) in [7, 11) is 0. The summed E-state index contributed by atoms with van der Waals surface area (Å²) in [4.78, 5) is 26.1. The highest BCUT2D eigenvalue weighted by molar-refractivity contribution is 6.03. The van der Waals surface area contributed by atoms with Crippen molar-refractivity contribution in [3.8, 4) is 11.5 Å². The number of carbonyl (C=O) groups is 1. The van der Waals surface area contributed by atoms with Gasteiger partial charge in [-0.05, 0) is 18.2 Å². The van der Waals surface area contributed by atoms with Crippen LogP contribution >= 0.6 is 0 Å². The molecule has 23 heavy (non-hydrogen) atoms. The molecule has 1 aromatic carbocycles. The van der Waals surface area contributed by atoms with Crippen LogP contribution in [0, 0.1) is 10.1 Å². The van der Waals surface area contributed by atoms with Crippen LogP contribution in [0.2, 0.25) is 0 Å². The van der Waals surface area contributed by atoms with E-state index in [1.54, 1.807) is 24.5 Å². The fourth-order valence-corrected chi connectivity index (χ4v) is 1.81. The number of anilines is 1.